The first-order valence-electron chi connectivity index (χ1n) is 7.69. The van der Waals surface area contributed by atoms with Crippen LogP contribution in [0.5, 0.6) is 0 Å². The largest absolute Gasteiger partial charge is 0.351 e. The standard InChI is InChI=1S/C17H21N3O/c21-17(19-15-10-5-2-6-11-15)16(20-13-7-12-18-20)14-8-3-1-4-9-14/h1,3-4,7-9,12-13,15-16H,2,5-6,10-11H2,(H,19,21). The number of carbonyl (C=O) groups excluding carboxylic acids is 1. The van der Waals surface area contributed by atoms with Crippen molar-refractivity contribution in [3.63, 3.8) is 0 Å². The van der Waals surface area contributed by atoms with Gasteiger partial charge in [-0.05, 0) is 24.5 Å². The lowest BCUT2D eigenvalue weighted by Gasteiger charge is -2.26. The third-order valence-electron chi connectivity index (χ3n) is 4.10. The molecule has 1 aliphatic rings. The molecule has 2 aromatic rings. The van der Waals surface area contributed by atoms with Crippen LogP contribution in [-0.4, -0.2) is 21.7 Å². The molecule has 4 heteroatoms. The number of nitrogens with zero attached hydrogens (tertiary/aromatic N) is 2. The van der Waals surface area contributed by atoms with Gasteiger partial charge in [0.15, 0.2) is 6.04 Å². The van der Waals surface area contributed by atoms with Gasteiger partial charge in [-0.25, -0.2) is 0 Å². The summed E-state index contributed by atoms with van der Waals surface area (Å²) in [4.78, 5) is 12.7. The quantitative estimate of drug-likeness (QED) is 0.937. The summed E-state index contributed by atoms with van der Waals surface area (Å²) in [5.41, 5.74) is 0.967. The molecule has 1 amide bonds. The monoisotopic (exact) mass is 283 g/mol. The zero-order valence-electron chi connectivity index (χ0n) is 12.1. The van der Waals surface area contributed by atoms with Gasteiger partial charge in [0.1, 0.15) is 0 Å². The van der Waals surface area contributed by atoms with Crippen molar-refractivity contribution in [1.29, 1.82) is 0 Å². The third kappa shape index (κ3) is 3.32. The van der Waals surface area contributed by atoms with Gasteiger partial charge < -0.3 is 5.32 Å². The molecule has 1 aromatic heterocycles. The van der Waals surface area contributed by atoms with Crippen molar-refractivity contribution in [2.75, 3.05) is 0 Å². The minimum absolute atomic E-state index is 0.0387. The maximum Gasteiger partial charge on any atom is 0.249 e. The molecule has 1 unspecified atom stereocenters. The Morgan fingerprint density at radius 2 is 1.90 bits per heavy atom. The Kier molecular flexibility index (Phi) is 4.34. The van der Waals surface area contributed by atoms with Gasteiger partial charge in [-0.15, -0.1) is 0 Å². The van der Waals surface area contributed by atoms with Crippen molar-refractivity contribution in [2.45, 2.75) is 44.2 Å². The van der Waals surface area contributed by atoms with Crippen LogP contribution in [-0.2, 0) is 4.79 Å². The van der Waals surface area contributed by atoms with Crippen LogP contribution < -0.4 is 5.32 Å². The number of nitrogens with one attached hydrogen (secondary N) is 1. The summed E-state index contributed by atoms with van der Waals surface area (Å²) in [6.45, 7) is 0. The second-order valence-corrected chi connectivity index (χ2v) is 5.64. The van der Waals surface area contributed by atoms with Crippen LogP contribution in [0.2, 0.25) is 0 Å². The van der Waals surface area contributed by atoms with Crippen LogP contribution in [0, 0.1) is 0 Å². The van der Waals surface area contributed by atoms with E-state index in [1.165, 1.54) is 19.3 Å². The highest BCUT2D eigenvalue weighted by molar-refractivity contribution is 5.83. The first-order valence-corrected chi connectivity index (χ1v) is 7.69. The molecular weight excluding hydrogens is 262 g/mol. The van der Waals surface area contributed by atoms with Crippen LogP contribution in [0.4, 0.5) is 0 Å². The van der Waals surface area contributed by atoms with E-state index in [-0.39, 0.29) is 11.9 Å². The van der Waals surface area contributed by atoms with Gasteiger partial charge in [0, 0.05) is 18.4 Å². The van der Waals surface area contributed by atoms with Crippen LogP contribution in [0.25, 0.3) is 0 Å². The Balaban J connectivity index is 1.80. The molecule has 21 heavy (non-hydrogen) atoms. The average Bonchev–Trinajstić information content (AvgIpc) is 3.03. The van der Waals surface area contributed by atoms with Gasteiger partial charge in [-0.1, -0.05) is 49.6 Å². The van der Waals surface area contributed by atoms with Crippen LogP contribution >= 0.6 is 0 Å². The highest BCUT2D eigenvalue weighted by Gasteiger charge is 2.25. The van der Waals surface area contributed by atoms with Gasteiger partial charge in [0.05, 0.1) is 0 Å². The molecular formula is C17H21N3O. The van der Waals surface area contributed by atoms with Gasteiger partial charge in [0.2, 0.25) is 5.91 Å². The smallest absolute Gasteiger partial charge is 0.249 e. The van der Waals surface area contributed by atoms with Gasteiger partial charge in [-0.2, -0.15) is 5.10 Å². The van der Waals surface area contributed by atoms with E-state index in [1.54, 1.807) is 10.9 Å². The Hall–Kier alpha value is -2.10. The summed E-state index contributed by atoms with van der Waals surface area (Å²) in [6, 6.07) is 11.6. The zero-order chi connectivity index (χ0) is 14.5. The van der Waals surface area contributed by atoms with E-state index in [9.17, 15) is 4.79 Å². The Bertz CT molecular complexity index is 559. The molecule has 1 aliphatic carbocycles. The predicted molar refractivity (Wildman–Crippen MR) is 81.8 cm³/mol. The molecule has 1 saturated carbocycles. The number of hydrogen-bond donors (Lipinski definition) is 1. The van der Waals surface area contributed by atoms with E-state index in [1.807, 2.05) is 42.6 Å². The molecule has 0 spiro atoms. The number of aromatic nitrogens is 2. The van der Waals surface area contributed by atoms with E-state index < -0.39 is 0 Å². The molecule has 1 aromatic carbocycles. The van der Waals surface area contributed by atoms with E-state index in [0.29, 0.717) is 6.04 Å². The molecule has 1 fully saturated rings. The van der Waals surface area contributed by atoms with Crippen molar-refractivity contribution in [2.24, 2.45) is 0 Å². The van der Waals surface area contributed by atoms with E-state index >= 15 is 0 Å². The Morgan fingerprint density at radius 1 is 1.14 bits per heavy atom. The minimum atomic E-state index is -0.386. The molecule has 0 aliphatic heterocycles. The zero-order valence-corrected chi connectivity index (χ0v) is 12.1. The Labute approximate surface area is 125 Å². The average molecular weight is 283 g/mol. The van der Waals surface area contributed by atoms with Crippen LogP contribution in [0.15, 0.2) is 48.8 Å². The van der Waals surface area contributed by atoms with Crippen molar-refractivity contribution >= 4 is 5.91 Å². The molecule has 4 nitrogen and oxygen atoms in total. The summed E-state index contributed by atoms with van der Waals surface area (Å²) in [5, 5.41) is 7.47. The highest BCUT2D eigenvalue weighted by atomic mass is 16.2. The van der Waals surface area contributed by atoms with Crippen molar-refractivity contribution in [1.82, 2.24) is 15.1 Å². The van der Waals surface area contributed by atoms with Gasteiger partial charge >= 0.3 is 0 Å². The molecule has 1 atom stereocenters. The van der Waals surface area contributed by atoms with Crippen LogP contribution in [0.3, 0.4) is 0 Å². The maximum atomic E-state index is 12.7. The molecule has 0 radical (unpaired) electrons. The molecule has 3 rings (SSSR count). The molecule has 0 saturated heterocycles. The minimum Gasteiger partial charge on any atom is -0.351 e. The number of carbonyl (C=O) groups is 1. The first kappa shape index (κ1) is 13.9. The van der Waals surface area contributed by atoms with Gasteiger partial charge in [0.25, 0.3) is 0 Å². The summed E-state index contributed by atoms with van der Waals surface area (Å²) >= 11 is 0. The Morgan fingerprint density at radius 3 is 2.57 bits per heavy atom. The normalized spacial score (nSPS) is 17.3. The van der Waals surface area contributed by atoms with Crippen LogP contribution in [0.1, 0.15) is 43.7 Å². The van der Waals surface area contributed by atoms with E-state index in [2.05, 4.69) is 10.4 Å². The van der Waals surface area contributed by atoms with Crippen molar-refractivity contribution in [3.05, 3.63) is 54.4 Å². The van der Waals surface area contributed by atoms with E-state index in [4.69, 9.17) is 0 Å². The number of benzene rings is 1. The summed E-state index contributed by atoms with van der Waals surface area (Å²) in [7, 11) is 0. The SMILES string of the molecule is O=C(NC1CCCCC1)C(c1ccccc1)n1cccn1. The fraction of sp³-hybridized carbons (Fsp3) is 0.412. The molecule has 1 heterocycles. The maximum absolute atomic E-state index is 12.7. The summed E-state index contributed by atoms with van der Waals surface area (Å²) in [6.07, 6.45) is 9.44. The van der Waals surface area contributed by atoms with Crippen molar-refractivity contribution in [3.8, 4) is 0 Å². The third-order valence-corrected chi connectivity index (χ3v) is 4.10. The lowest BCUT2D eigenvalue weighted by molar-refractivity contribution is -0.124. The van der Waals surface area contributed by atoms with Crippen molar-refractivity contribution < 1.29 is 4.79 Å². The second kappa shape index (κ2) is 6.57. The first-order chi connectivity index (χ1) is 10.3. The second-order valence-electron chi connectivity index (χ2n) is 5.64. The number of rotatable bonds is 4. The fourth-order valence-electron chi connectivity index (χ4n) is 3.02. The van der Waals surface area contributed by atoms with Gasteiger partial charge in [-0.3, -0.25) is 9.48 Å². The molecule has 110 valence electrons. The topological polar surface area (TPSA) is 46.9 Å². The highest BCUT2D eigenvalue weighted by Crippen LogP contribution is 2.21. The number of amides is 1. The number of hydrogen-bond acceptors (Lipinski definition) is 2. The predicted octanol–water partition coefficient (Wildman–Crippen LogP) is 2.92. The molecule has 0 bridgehead atoms. The molecule has 1 N–H and O–H groups in total. The summed E-state index contributed by atoms with van der Waals surface area (Å²) < 4.78 is 1.73. The summed E-state index contributed by atoms with van der Waals surface area (Å²) in [5.74, 6) is 0.0387. The van der Waals surface area contributed by atoms with E-state index in [0.717, 1.165) is 18.4 Å². The lowest BCUT2D eigenvalue weighted by atomic mass is 9.95. The lowest BCUT2D eigenvalue weighted by Crippen LogP contribution is -2.41. The fourth-order valence-corrected chi connectivity index (χ4v) is 3.02.